The number of ether oxygens (including phenoxy) is 1. The van der Waals surface area contributed by atoms with E-state index in [1.165, 1.54) is 0 Å². The van der Waals surface area contributed by atoms with Gasteiger partial charge in [-0.3, -0.25) is 14.4 Å². The maximum atomic E-state index is 13.8. The zero-order valence-corrected chi connectivity index (χ0v) is 27.2. The van der Waals surface area contributed by atoms with Crippen molar-refractivity contribution >= 4 is 48.3 Å². The molecule has 4 atom stereocenters. The number of hydrogen-bond acceptors (Lipinski definition) is 6. The summed E-state index contributed by atoms with van der Waals surface area (Å²) < 4.78 is 6.68. The van der Waals surface area contributed by atoms with E-state index in [4.69, 9.17) is 4.74 Å². The van der Waals surface area contributed by atoms with E-state index in [1.807, 2.05) is 67.7 Å². The number of nitrogens with one attached hydrogen (secondary N) is 3. The third-order valence-electron chi connectivity index (χ3n) is 9.36. The Morgan fingerprint density at radius 2 is 1.80 bits per heavy atom. The third kappa shape index (κ3) is 5.87. The van der Waals surface area contributed by atoms with Crippen molar-refractivity contribution in [1.82, 2.24) is 9.88 Å². The fraction of sp³-hybridized carbons (Fsp3) is 0.343. The number of rotatable bonds is 10. The zero-order valence-electron chi connectivity index (χ0n) is 26.2. The fourth-order valence-corrected chi connectivity index (χ4v) is 9.90. The van der Waals surface area contributed by atoms with Crippen molar-refractivity contribution < 1.29 is 29.0 Å². The summed E-state index contributed by atoms with van der Waals surface area (Å²) in [5.41, 5.74) is 2.53. The highest BCUT2D eigenvalue weighted by Gasteiger charge is 2.65. The Labute approximate surface area is 268 Å². The van der Waals surface area contributed by atoms with Gasteiger partial charge in [0.05, 0.1) is 25.6 Å². The van der Waals surface area contributed by atoms with Crippen LogP contribution in [0.5, 0.6) is 0 Å². The van der Waals surface area contributed by atoms with Crippen LogP contribution >= 0.6 is 0 Å². The van der Waals surface area contributed by atoms with Gasteiger partial charge in [-0.15, -0.1) is 0 Å². The lowest BCUT2D eigenvalue weighted by Crippen LogP contribution is -2.44. The number of nitrogens with zero attached hydrogens (tertiary/aromatic N) is 1. The molecule has 1 saturated heterocycles. The largest absolute Gasteiger partial charge is 0.432 e. The summed E-state index contributed by atoms with van der Waals surface area (Å²) in [6, 6.07) is 22.6. The number of benzene rings is 3. The first-order valence-corrected chi connectivity index (χ1v) is 18.7. The summed E-state index contributed by atoms with van der Waals surface area (Å²) in [7, 11) is -2.99. The molecule has 3 aromatic carbocycles. The molecule has 240 valence electrons. The number of fused-ring (bicyclic) bond motifs is 3. The van der Waals surface area contributed by atoms with Crippen molar-refractivity contribution in [3.8, 4) is 0 Å². The van der Waals surface area contributed by atoms with Crippen molar-refractivity contribution in [1.29, 1.82) is 0 Å². The van der Waals surface area contributed by atoms with Gasteiger partial charge in [0.1, 0.15) is 0 Å². The highest BCUT2D eigenvalue weighted by atomic mass is 28.4. The maximum absolute atomic E-state index is 13.8. The Kier molecular flexibility index (Phi) is 8.60. The fourth-order valence-electron chi connectivity index (χ4n) is 7.35. The summed E-state index contributed by atoms with van der Waals surface area (Å²) in [6.07, 6.45) is 1.22. The van der Waals surface area contributed by atoms with E-state index in [9.17, 15) is 24.3 Å². The molecule has 0 unspecified atom stereocenters. The smallest absolute Gasteiger partial charge is 0.261 e. The molecule has 1 spiro atoms. The predicted molar refractivity (Wildman–Crippen MR) is 178 cm³/mol. The molecule has 0 bridgehead atoms. The second-order valence-corrected chi connectivity index (χ2v) is 16.9. The van der Waals surface area contributed by atoms with Gasteiger partial charge in [-0.05, 0) is 48.5 Å². The van der Waals surface area contributed by atoms with Crippen LogP contribution in [0.25, 0.3) is 10.9 Å². The molecule has 4 aromatic rings. The molecule has 2 aliphatic heterocycles. The normalized spacial score (nSPS) is 22.2. The molecule has 0 aliphatic carbocycles. The SMILES string of the molecule is C[C@H]1[C@H]([Si](C)(C)O)[C@@H](CC(=O)N(CCO)Cc2ccccc2)O[C@]12C(=O)Nc1ccc(NC(=O)Cc3c[nH]c4ccccc34)cc12. The second-order valence-electron chi connectivity index (χ2n) is 12.9. The number of H-pyrrole nitrogens is 1. The molecular formula is C35H40N4O6Si. The first-order chi connectivity index (χ1) is 22.0. The second kappa shape index (κ2) is 12.5. The van der Waals surface area contributed by atoms with Crippen LogP contribution in [0, 0.1) is 5.92 Å². The number of amides is 3. The average Bonchev–Trinajstić information content (AvgIpc) is 3.65. The Bertz CT molecular complexity index is 1770. The molecule has 46 heavy (non-hydrogen) atoms. The first-order valence-electron chi connectivity index (χ1n) is 15.6. The number of para-hydroxylation sites is 1. The molecule has 2 aliphatic rings. The quantitative estimate of drug-likeness (QED) is 0.161. The van der Waals surface area contributed by atoms with Crippen LogP contribution < -0.4 is 10.6 Å². The number of aliphatic hydroxyl groups excluding tert-OH is 1. The summed E-state index contributed by atoms with van der Waals surface area (Å²) in [5.74, 6) is -1.25. The third-order valence-corrected chi connectivity index (χ3v) is 11.9. The predicted octanol–water partition coefficient (Wildman–Crippen LogP) is 4.51. The van der Waals surface area contributed by atoms with Crippen LogP contribution in [0.15, 0.2) is 79.0 Å². The molecule has 1 aromatic heterocycles. The van der Waals surface area contributed by atoms with Gasteiger partial charge in [0.25, 0.3) is 5.91 Å². The van der Waals surface area contributed by atoms with Crippen LogP contribution in [0.2, 0.25) is 18.6 Å². The van der Waals surface area contributed by atoms with Gasteiger partial charge in [0.2, 0.25) is 11.8 Å². The topological polar surface area (TPSA) is 144 Å². The van der Waals surface area contributed by atoms with Gasteiger partial charge in [0.15, 0.2) is 13.9 Å². The van der Waals surface area contributed by atoms with Crippen molar-refractivity contribution in [2.24, 2.45) is 5.92 Å². The van der Waals surface area contributed by atoms with Crippen LogP contribution in [-0.4, -0.2) is 65.1 Å². The molecule has 3 amide bonds. The summed E-state index contributed by atoms with van der Waals surface area (Å²) in [4.78, 5) is 56.9. The van der Waals surface area contributed by atoms with Crippen LogP contribution in [-0.2, 0) is 37.7 Å². The Hall–Kier alpha value is -4.29. The summed E-state index contributed by atoms with van der Waals surface area (Å²) in [6.45, 7) is 5.78. The molecule has 1 fully saturated rings. The van der Waals surface area contributed by atoms with Gasteiger partial charge >= 0.3 is 0 Å². The molecule has 6 rings (SSSR count). The van der Waals surface area contributed by atoms with Crippen molar-refractivity contribution in [3.05, 3.63) is 95.7 Å². The summed E-state index contributed by atoms with van der Waals surface area (Å²) >= 11 is 0. The molecule has 5 N–H and O–H groups in total. The molecule has 10 nitrogen and oxygen atoms in total. The highest BCUT2D eigenvalue weighted by molar-refractivity contribution is 6.71. The number of aromatic amines is 1. The number of aliphatic hydroxyl groups is 1. The maximum Gasteiger partial charge on any atom is 0.261 e. The van der Waals surface area contributed by atoms with E-state index in [0.717, 1.165) is 22.0 Å². The van der Waals surface area contributed by atoms with Crippen molar-refractivity contribution in [2.75, 3.05) is 23.8 Å². The minimum atomic E-state index is -2.99. The van der Waals surface area contributed by atoms with E-state index in [0.29, 0.717) is 23.5 Å². The number of carbonyl (C=O) groups is 3. The number of aromatic nitrogens is 1. The Morgan fingerprint density at radius 3 is 2.54 bits per heavy atom. The number of carbonyl (C=O) groups excluding carboxylic acids is 3. The lowest BCUT2D eigenvalue weighted by molar-refractivity contribution is -0.148. The Balaban J connectivity index is 1.26. The lowest BCUT2D eigenvalue weighted by atomic mass is 9.82. The first kappa shape index (κ1) is 31.7. The average molecular weight is 641 g/mol. The molecule has 0 radical (unpaired) electrons. The van der Waals surface area contributed by atoms with Gasteiger partial charge < -0.3 is 35.2 Å². The molecular weight excluding hydrogens is 600 g/mol. The van der Waals surface area contributed by atoms with E-state index in [-0.39, 0.29) is 43.7 Å². The van der Waals surface area contributed by atoms with Gasteiger partial charge in [-0.25, -0.2) is 0 Å². The molecule has 0 saturated carbocycles. The minimum absolute atomic E-state index is 0.0513. The number of hydrogen-bond donors (Lipinski definition) is 5. The van der Waals surface area contributed by atoms with Gasteiger partial charge in [-0.2, -0.15) is 0 Å². The van der Waals surface area contributed by atoms with E-state index >= 15 is 0 Å². The van der Waals surface area contributed by atoms with Crippen LogP contribution in [0.3, 0.4) is 0 Å². The molecule has 3 heterocycles. The monoisotopic (exact) mass is 640 g/mol. The zero-order chi connectivity index (χ0) is 32.6. The minimum Gasteiger partial charge on any atom is -0.432 e. The standard InChI is InChI=1S/C35H40N4O6Si/c1-22-33(46(2,3)44)30(19-32(42)39(15-16-40)21-23-9-5-4-6-10-23)45-35(22)27-18-25(13-14-29(27)38-34(35)43)37-31(41)17-24-20-36-28-12-8-7-11-26(24)28/h4-14,18,20,22,30,33,36,40,44H,15-17,19,21H2,1-3H3,(H,37,41)(H,38,43)/t22-,30+,33-,35+/m0/s1. The van der Waals surface area contributed by atoms with Crippen LogP contribution in [0.4, 0.5) is 11.4 Å². The molecule has 11 heteroatoms. The van der Waals surface area contributed by atoms with Gasteiger partial charge in [0, 0.05) is 58.6 Å². The van der Waals surface area contributed by atoms with E-state index in [2.05, 4.69) is 15.6 Å². The highest BCUT2D eigenvalue weighted by Crippen LogP contribution is 2.58. The van der Waals surface area contributed by atoms with Crippen LogP contribution in [0.1, 0.15) is 30.0 Å². The lowest BCUT2D eigenvalue weighted by Gasteiger charge is -2.32. The van der Waals surface area contributed by atoms with Gasteiger partial charge in [-0.1, -0.05) is 55.5 Å². The van der Waals surface area contributed by atoms with E-state index < -0.39 is 31.5 Å². The number of anilines is 2. The van der Waals surface area contributed by atoms with Crippen molar-refractivity contribution in [2.45, 2.75) is 56.7 Å². The summed E-state index contributed by atoms with van der Waals surface area (Å²) in [5, 5.41) is 16.6. The van der Waals surface area contributed by atoms with Crippen molar-refractivity contribution in [3.63, 3.8) is 0 Å². The Morgan fingerprint density at radius 1 is 1.07 bits per heavy atom. The van der Waals surface area contributed by atoms with E-state index in [1.54, 1.807) is 36.2 Å².